The van der Waals surface area contributed by atoms with E-state index < -0.39 is 5.41 Å². The molecule has 4 unspecified atom stereocenters. The largest absolute Gasteiger partial charge is 0.334 e. The Morgan fingerprint density at radius 3 is 1.34 bits per heavy atom. The first-order valence-electron chi connectivity index (χ1n) is 29.7. The Labute approximate surface area is 465 Å². The summed E-state index contributed by atoms with van der Waals surface area (Å²) in [7, 11) is 0. The van der Waals surface area contributed by atoms with Crippen molar-refractivity contribution in [1.82, 2.24) is 0 Å². The van der Waals surface area contributed by atoms with Crippen molar-refractivity contribution in [3.8, 4) is 44.5 Å². The Hall–Kier alpha value is -7.94. The van der Waals surface area contributed by atoms with Crippen LogP contribution in [-0.4, -0.2) is 11.1 Å². The van der Waals surface area contributed by atoms with Crippen LogP contribution in [0.5, 0.6) is 0 Å². The molecule has 1 spiro atoms. The van der Waals surface area contributed by atoms with Gasteiger partial charge in [0.2, 0.25) is 0 Å². The molecule has 0 saturated heterocycles. The van der Waals surface area contributed by atoms with Crippen LogP contribution < -0.4 is 9.80 Å². The molecule has 6 aliphatic rings. The van der Waals surface area contributed by atoms with E-state index in [0.29, 0.717) is 0 Å². The summed E-state index contributed by atoms with van der Waals surface area (Å²) in [6.07, 6.45) is 12.4. The fraction of sp³-hybridized carbons (Fsp3) is 0.247. The molecule has 0 radical (unpaired) electrons. The van der Waals surface area contributed by atoms with E-state index in [1.54, 1.807) is 0 Å². The first-order chi connectivity index (χ1) is 38.6. The third-order valence-electron chi connectivity index (χ3n) is 22.2. The maximum atomic E-state index is 2.73. The Balaban J connectivity index is 0.900. The van der Waals surface area contributed by atoms with Crippen molar-refractivity contribution in [3.05, 3.63) is 240 Å². The highest BCUT2D eigenvalue weighted by molar-refractivity contribution is 6.27. The van der Waals surface area contributed by atoms with E-state index in [0.717, 1.165) is 0 Å². The lowest BCUT2D eigenvalue weighted by Crippen LogP contribution is -2.52. The van der Waals surface area contributed by atoms with E-state index in [1.165, 1.54) is 197 Å². The second kappa shape index (κ2) is 16.1. The fourth-order valence-corrected chi connectivity index (χ4v) is 18.0. The van der Waals surface area contributed by atoms with Gasteiger partial charge < -0.3 is 9.80 Å². The molecule has 0 bridgehead atoms. The van der Waals surface area contributed by atoms with Crippen molar-refractivity contribution < 1.29 is 0 Å². The van der Waals surface area contributed by atoms with Gasteiger partial charge in [0.15, 0.2) is 0 Å². The third kappa shape index (κ3) is 5.77. The Bertz CT molecular complexity index is 4160. The Morgan fingerprint density at radius 2 is 0.785 bits per heavy atom. The van der Waals surface area contributed by atoms with E-state index in [4.69, 9.17) is 0 Å². The maximum absolute atomic E-state index is 2.73. The van der Waals surface area contributed by atoms with Crippen LogP contribution in [0.2, 0.25) is 0 Å². The van der Waals surface area contributed by atoms with Crippen molar-refractivity contribution in [2.24, 2.45) is 0 Å². The number of fused-ring (bicyclic) bond motifs is 17. The smallest absolute Gasteiger partial charge is 0.0726 e. The molecule has 0 N–H and O–H groups in total. The molecule has 2 fully saturated rings. The predicted octanol–water partition coefficient (Wildman–Crippen LogP) is 20.5. The van der Waals surface area contributed by atoms with Gasteiger partial charge in [0.25, 0.3) is 0 Å². The summed E-state index contributed by atoms with van der Waals surface area (Å²) in [4.78, 5) is 5.45. The van der Waals surface area contributed by atoms with Gasteiger partial charge in [-0.05, 0) is 216 Å². The van der Waals surface area contributed by atoms with Gasteiger partial charge in [0.1, 0.15) is 0 Å². The molecular formula is C77H66N2. The second-order valence-corrected chi connectivity index (χ2v) is 25.6. The highest BCUT2D eigenvalue weighted by Gasteiger charge is 2.59. The number of nitrogens with zero attached hydrogens (tertiary/aromatic N) is 2. The third-order valence-corrected chi connectivity index (χ3v) is 22.2. The summed E-state index contributed by atoms with van der Waals surface area (Å²) in [5.41, 5.74) is 23.9. The zero-order valence-corrected chi connectivity index (χ0v) is 46.1. The monoisotopic (exact) mass is 1020 g/mol. The van der Waals surface area contributed by atoms with Crippen molar-refractivity contribution in [2.75, 3.05) is 9.80 Å². The first-order valence-corrected chi connectivity index (χ1v) is 29.7. The zero-order valence-electron chi connectivity index (χ0n) is 46.1. The van der Waals surface area contributed by atoms with Crippen LogP contribution in [0.15, 0.2) is 206 Å². The minimum Gasteiger partial charge on any atom is -0.334 e. The molecule has 2 saturated carbocycles. The molecule has 4 aliphatic carbocycles. The molecule has 384 valence electrons. The van der Waals surface area contributed by atoms with E-state index in [1.807, 2.05) is 0 Å². The lowest BCUT2D eigenvalue weighted by atomic mass is 9.66. The van der Waals surface area contributed by atoms with E-state index in [2.05, 4.69) is 244 Å². The topological polar surface area (TPSA) is 6.48 Å². The zero-order chi connectivity index (χ0) is 52.6. The standard InChI is InChI=1S/C77H66N2/c1-73-40-15-7-17-42-75(73,3)78(56-22-9-5-10-23-56)68-38-33-53(46-65(68)73)51-31-35-58-59-36-32-52(54-34-39-69-66(47-54)74(2)41-16-8-18-43-76(74,4)79(69)57-24-11-6-12-25-57)45-64(59)77(63(58)44-51)62-27-14-13-26-60(62)72-61-37-30-50-21-19-20-49-28-29-55(48-67(72)77)71(61)70(49)50/h5-6,9-14,19-39,44-48H,7-8,15-18,40-43H2,1-4H3. The van der Waals surface area contributed by atoms with Gasteiger partial charge in [-0.25, -0.2) is 0 Å². The molecule has 17 rings (SSSR count). The summed E-state index contributed by atoms with van der Waals surface area (Å²) in [5, 5.41) is 8.03. The Morgan fingerprint density at radius 1 is 0.316 bits per heavy atom. The number of anilines is 4. The van der Waals surface area contributed by atoms with Crippen LogP contribution in [0, 0.1) is 0 Å². The van der Waals surface area contributed by atoms with Crippen LogP contribution in [0.4, 0.5) is 22.7 Å². The van der Waals surface area contributed by atoms with Crippen molar-refractivity contribution in [3.63, 3.8) is 0 Å². The van der Waals surface area contributed by atoms with Gasteiger partial charge in [0, 0.05) is 33.6 Å². The lowest BCUT2D eigenvalue weighted by molar-refractivity contribution is 0.261. The molecule has 2 nitrogen and oxygen atoms in total. The van der Waals surface area contributed by atoms with Crippen molar-refractivity contribution >= 4 is 55.1 Å². The Kier molecular flexibility index (Phi) is 9.38. The van der Waals surface area contributed by atoms with Crippen LogP contribution >= 0.6 is 0 Å². The van der Waals surface area contributed by atoms with Gasteiger partial charge in [-0.15, -0.1) is 0 Å². The number of rotatable bonds is 4. The molecule has 0 aromatic heterocycles. The van der Waals surface area contributed by atoms with Gasteiger partial charge in [0.05, 0.1) is 16.5 Å². The number of hydrogen-bond acceptors (Lipinski definition) is 2. The minimum absolute atomic E-state index is 0.00222. The lowest BCUT2D eigenvalue weighted by Gasteiger charge is -2.46. The average molecular weight is 1020 g/mol. The van der Waals surface area contributed by atoms with Crippen LogP contribution in [0.25, 0.3) is 76.8 Å². The maximum Gasteiger partial charge on any atom is 0.0726 e. The molecule has 11 aromatic rings. The molecule has 2 heterocycles. The van der Waals surface area contributed by atoms with E-state index >= 15 is 0 Å². The van der Waals surface area contributed by atoms with Crippen molar-refractivity contribution in [1.29, 1.82) is 0 Å². The molecule has 2 aliphatic heterocycles. The molecule has 79 heavy (non-hydrogen) atoms. The number of hydrogen-bond donors (Lipinski definition) is 0. The second-order valence-electron chi connectivity index (χ2n) is 25.6. The summed E-state index contributed by atoms with van der Waals surface area (Å²) in [5.74, 6) is 0. The summed E-state index contributed by atoms with van der Waals surface area (Å²) in [6, 6.07) is 81.2. The molecule has 0 amide bonds. The highest BCUT2D eigenvalue weighted by Crippen LogP contribution is 2.67. The average Bonchev–Trinajstić information content (AvgIpc) is 2.39. The number of benzene rings is 11. The van der Waals surface area contributed by atoms with Gasteiger partial charge in [-0.2, -0.15) is 0 Å². The van der Waals surface area contributed by atoms with Crippen LogP contribution in [0.3, 0.4) is 0 Å². The van der Waals surface area contributed by atoms with Gasteiger partial charge in [-0.3, -0.25) is 0 Å². The van der Waals surface area contributed by atoms with Gasteiger partial charge in [-0.1, -0.05) is 192 Å². The van der Waals surface area contributed by atoms with Crippen LogP contribution in [0.1, 0.15) is 125 Å². The van der Waals surface area contributed by atoms with Crippen molar-refractivity contribution in [2.45, 2.75) is 119 Å². The normalized spacial score (nSPS) is 25.2. The molecule has 4 atom stereocenters. The predicted molar refractivity (Wildman–Crippen MR) is 332 cm³/mol. The summed E-state index contributed by atoms with van der Waals surface area (Å²) < 4.78 is 0. The quantitative estimate of drug-likeness (QED) is 0.162. The minimum atomic E-state index is -0.563. The summed E-state index contributed by atoms with van der Waals surface area (Å²) in [6.45, 7) is 10.3. The van der Waals surface area contributed by atoms with Gasteiger partial charge >= 0.3 is 0 Å². The first kappa shape index (κ1) is 46.0. The molecule has 2 heteroatoms. The molecule has 11 aromatic carbocycles. The molecular weight excluding hydrogens is 953 g/mol. The highest BCUT2D eigenvalue weighted by atomic mass is 15.3. The van der Waals surface area contributed by atoms with Crippen LogP contribution in [-0.2, 0) is 16.2 Å². The van der Waals surface area contributed by atoms with E-state index in [9.17, 15) is 0 Å². The number of para-hydroxylation sites is 2. The SMILES string of the molecule is CC12CCCCCC1(C)N(c1ccccc1)c1ccc(-c3ccc4c(c3)C3(c5cc(-c6ccc7c(c6)C6(C)CCCCCC6(C)N7c6ccccc6)ccc5-4)c4ccccc4-c4c3cc3ccc5cccc6ccc4c3c56)cc12. The van der Waals surface area contributed by atoms with E-state index in [-0.39, 0.29) is 21.9 Å². The fourth-order valence-electron chi connectivity index (χ4n) is 18.0. The summed E-state index contributed by atoms with van der Waals surface area (Å²) >= 11 is 0.